The number of amides is 2. The highest BCUT2D eigenvalue weighted by molar-refractivity contribution is 6.44. The number of rotatable bonds is 3. The van der Waals surface area contributed by atoms with E-state index in [0.717, 1.165) is 39.9 Å². The van der Waals surface area contributed by atoms with E-state index in [1.807, 2.05) is 65.0 Å². The van der Waals surface area contributed by atoms with Gasteiger partial charge in [-0.05, 0) is 56.4 Å². The van der Waals surface area contributed by atoms with Crippen molar-refractivity contribution in [2.45, 2.75) is 41.0 Å². The van der Waals surface area contributed by atoms with Crippen LogP contribution >= 0.6 is 0 Å². The van der Waals surface area contributed by atoms with E-state index in [2.05, 4.69) is 10.6 Å². The number of hydrogen-bond donors (Lipinski definition) is 2. The number of para-hydroxylation sites is 1. The van der Waals surface area contributed by atoms with Crippen LogP contribution in [0.4, 0.5) is 11.4 Å². The van der Waals surface area contributed by atoms with Gasteiger partial charge in [-0.1, -0.05) is 42.8 Å². The molecule has 0 aliphatic rings. The average Bonchev–Trinajstić information content (AvgIpc) is 2.52. The number of nitrogens with one attached hydrogen (secondary N) is 2. The molecule has 24 heavy (non-hydrogen) atoms. The fraction of sp³-hybridized carbons (Fsp3) is 0.300. The van der Waals surface area contributed by atoms with Crippen LogP contribution in [0.15, 0.2) is 30.3 Å². The fourth-order valence-corrected chi connectivity index (χ4v) is 2.92. The van der Waals surface area contributed by atoms with Crippen molar-refractivity contribution in [3.63, 3.8) is 0 Å². The second-order valence-corrected chi connectivity index (χ2v) is 6.14. The van der Waals surface area contributed by atoms with Crippen LogP contribution in [0.2, 0.25) is 0 Å². The zero-order valence-electron chi connectivity index (χ0n) is 14.9. The van der Waals surface area contributed by atoms with Crippen LogP contribution in [0, 0.1) is 27.7 Å². The van der Waals surface area contributed by atoms with Crippen LogP contribution < -0.4 is 10.6 Å². The highest BCUT2D eigenvalue weighted by atomic mass is 16.2. The molecule has 4 nitrogen and oxygen atoms in total. The van der Waals surface area contributed by atoms with E-state index in [1.165, 1.54) is 0 Å². The predicted octanol–water partition coefficient (Wildman–Crippen LogP) is 4.06. The maximum atomic E-state index is 12.3. The molecular weight excluding hydrogens is 300 g/mol. The minimum absolute atomic E-state index is 0.654. The summed E-state index contributed by atoms with van der Waals surface area (Å²) in [6.45, 7) is 9.78. The molecule has 2 N–H and O–H groups in total. The Morgan fingerprint density at radius 2 is 1.38 bits per heavy atom. The van der Waals surface area contributed by atoms with Crippen molar-refractivity contribution in [3.8, 4) is 0 Å². The molecule has 0 aromatic heterocycles. The van der Waals surface area contributed by atoms with E-state index in [-0.39, 0.29) is 0 Å². The van der Waals surface area contributed by atoms with Crippen LogP contribution in [-0.2, 0) is 16.0 Å². The quantitative estimate of drug-likeness (QED) is 0.837. The van der Waals surface area contributed by atoms with Crippen molar-refractivity contribution in [1.29, 1.82) is 0 Å². The van der Waals surface area contributed by atoms with Gasteiger partial charge in [0.2, 0.25) is 0 Å². The molecule has 0 unspecified atom stereocenters. The lowest BCUT2D eigenvalue weighted by Crippen LogP contribution is -2.30. The minimum atomic E-state index is -0.657. The predicted molar refractivity (Wildman–Crippen MR) is 98.5 cm³/mol. The van der Waals surface area contributed by atoms with Crippen molar-refractivity contribution in [3.05, 3.63) is 58.1 Å². The summed E-state index contributed by atoms with van der Waals surface area (Å²) in [6.07, 6.45) is 0.787. The molecule has 0 bridgehead atoms. The Kier molecular flexibility index (Phi) is 5.39. The van der Waals surface area contributed by atoms with E-state index < -0.39 is 11.8 Å². The first-order chi connectivity index (χ1) is 11.3. The Balaban J connectivity index is 2.19. The molecule has 0 atom stereocenters. The summed E-state index contributed by atoms with van der Waals surface area (Å²) in [5, 5.41) is 5.48. The molecule has 2 aromatic carbocycles. The normalized spacial score (nSPS) is 10.4. The molecule has 126 valence electrons. The average molecular weight is 324 g/mol. The summed E-state index contributed by atoms with van der Waals surface area (Å²) < 4.78 is 0. The van der Waals surface area contributed by atoms with Crippen LogP contribution in [0.1, 0.15) is 34.7 Å². The maximum Gasteiger partial charge on any atom is 0.314 e. The standard InChI is InChI=1S/C20H24N2O2/c1-6-16-9-7-8-13(3)18(16)22-20(24)19(23)21-17-14(4)10-12(2)11-15(17)5/h7-11H,6H2,1-5H3,(H,21,23)(H,22,24). The fourth-order valence-electron chi connectivity index (χ4n) is 2.92. The van der Waals surface area contributed by atoms with Crippen molar-refractivity contribution in [1.82, 2.24) is 0 Å². The highest BCUT2D eigenvalue weighted by Crippen LogP contribution is 2.23. The van der Waals surface area contributed by atoms with Gasteiger partial charge >= 0.3 is 11.8 Å². The summed E-state index contributed by atoms with van der Waals surface area (Å²) >= 11 is 0. The number of hydrogen-bond acceptors (Lipinski definition) is 2. The van der Waals surface area contributed by atoms with Crippen molar-refractivity contribution in [2.75, 3.05) is 10.6 Å². The van der Waals surface area contributed by atoms with Gasteiger partial charge < -0.3 is 10.6 Å². The molecule has 0 fully saturated rings. The lowest BCUT2D eigenvalue weighted by Gasteiger charge is -2.15. The van der Waals surface area contributed by atoms with Gasteiger partial charge in [0.05, 0.1) is 0 Å². The molecule has 0 aliphatic carbocycles. The summed E-state index contributed by atoms with van der Waals surface area (Å²) in [5.41, 5.74) is 6.38. The molecule has 0 spiro atoms. The lowest BCUT2D eigenvalue weighted by atomic mass is 10.0. The Bertz CT molecular complexity index is 771. The van der Waals surface area contributed by atoms with Gasteiger partial charge in [-0.15, -0.1) is 0 Å². The minimum Gasteiger partial charge on any atom is -0.317 e. The number of anilines is 2. The molecule has 0 saturated carbocycles. The molecular formula is C20H24N2O2. The molecule has 2 amide bonds. The van der Waals surface area contributed by atoms with E-state index in [0.29, 0.717) is 5.69 Å². The first-order valence-electron chi connectivity index (χ1n) is 8.12. The zero-order valence-corrected chi connectivity index (χ0v) is 14.9. The third kappa shape index (κ3) is 3.82. The summed E-state index contributed by atoms with van der Waals surface area (Å²) in [7, 11) is 0. The van der Waals surface area contributed by atoms with Crippen molar-refractivity contribution in [2.24, 2.45) is 0 Å². The van der Waals surface area contributed by atoms with Gasteiger partial charge in [0, 0.05) is 11.4 Å². The van der Waals surface area contributed by atoms with Crippen LogP contribution in [-0.4, -0.2) is 11.8 Å². The van der Waals surface area contributed by atoms with E-state index in [4.69, 9.17) is 0 Å². The number of benzene rings is 2. The van der Waals surface area contributed by atoms with E-state index in [1.54, 1.807) is 0 Å². The second-order valence-electron chi connectivity index (χ2n) is 6.14. The Labute approximate surface area is 143 Å². The monoisotopic (exact) mass is 324 g/mol. The third-order valence-electron chi connectivity index (χ3n) is 4.10. The van der Waals surface area contributed by atoms with Gasteiger partial charge in [0.25, 0.3) is 0 Å². The third-order valence-corrected chi connectivity index (χ3v) is 4.10. The largest absolute Gasteiger partial charge is 0.317 e. The van der Waals surface area contributed by atoms with Gasteiger partial charge in [0.1, 0.15) is 0 Å². The molecule has 4 heteroatoms. The molecule has 2 rings (SSSR count). The summed E-state index contributed by atoms with van der Waals surface area (Å²) in [4.78, 5) is 24.6. The molecule has 0 radical (unpaired) electrons. The summed E-state index contributed by atoms with van der Waals surface area (Å²) in [6, 6.07) is 9.78. The van der Waals surface area contributed by atoms with Gasteiger partial charge in [0.15, 0.2) is 0 Å². The molecule has 0 aliphatic heterocycles. The Morgan fingerprint density at radius 1 is 0.833 bits per heavy atom. The second kappa shape index (κ2) is 7.30. The van der Waals surface area contributed by atoms with Crippen LogP contribution in [0.3, 0.4) is 0 Å². The van der Waals surface area contributed by atoms with Gasteiger partial charge in [-0.2, -0.15) is 0 Å². The first kappa shape index (κ1) is 17.7. The number of carbonyl (C=O) groups is 2. The number of carbonyl (C=O) groups excluding carboxylic acids is 2. The van der Waals surface area contributed by atoms with Crippen LogP contribution in [0.25, 0.3) is 0 Å². The van der Waals surface area contributed by atoms with E-state index >= 15 is 0 Å². The maximum absolute atomic E-state index is 12.3. The molecule has 0 saturated heterocycles. The van der Waals surface area contributed by atoms with Crippen molar-refractivity contribution >= 4 is 23.2 Å². The Morgan fingerprint density at radius 3 is 1.92 bits per heavy atom. The zero-order chi connectivity index (χ0) is 17.9. The van der Waals surface area contributed by atoms with Gasteiger partial charge in [-0.25, -0.2) is 0 Å². The topological polar surface area (TPSA) is 58.2 Å². The van der Waals surface area contributed by atoms with Crippen molar-refractivity contribution < 1.29 is 9.59 Å². The van der Waals surface area contributed by atoms with Crippen LogP contribution in [0.5, 0.6) is 0 Å². The van der Waals surface area contributed by atoms with E-state index in [9.17, 15) is 9.59 Å². The smallest absolute Gasteiger partial charge is 0.314 e. The SMILES string of the molecule is CCc1cccc(C)c1NC(=O)C(=O)Nc1c(C)cc(C)cc1C. The molecule has 2 aromatic rings. The Hall–Kier alpha value is -2.62. The van der Waals surface area contributed by atoms with Gasteiger partial charge in [-0.3, -0.25) is 9.59 Å². The number of aryl methyl sites for hydroxylation is 5. The lowest BCUT2D eigenvalue weighted by molar-refractivity contribution is -0.133. The highest BCUT2D eigenvalue weighted by Gasteiger charge is 2.18. The summed E-state index contributed by atoms with van der Waals surface area (Å²) in [5.74, 6) is -1.31. The first-order valence-corrected chi connectivity index (χ1v) is 8.12. The molecule has 0 heterocycles.